The second-order valence-corrected chi connectivity index (χ2v) is 5.18. The van der Waals surface area contributed by atoms with Crippen molar-refractivity contribution in [3.05, 3.63) is 29.8 Å². The van der Waals surface area contributed by atoms with Crippen molar-refractivity contribution in [2.45, 2.75) is 39.7 Å². The van der Waals surface area contributed by atoms with Crippen LogP contribution in [0.15, 0.2) is 24.3 Å². The maximum atomic E-state index is 12.2. The molecule has 0 radical (unpaired) electrons. The molecule has 0 aliphatic rings. The highest BCUT2D eigenvalue weighted by atomic mass is 16.5. The van der Waals surface area contributed by atoms with Gasteiger partial charge in [0.05, 0.1) is 13.0 Å². The van der Waals surface area contributed by atoms with Gasteiger partial charge in [0.1, 0.15) is 12.3 Å². The van der Waals surface area contributed by atoms with Crippen LogP contribution < -0.4 is 4.74 Å². The minimum Gasteiger partial charge on any atom is -0.494 e. The van der Waals surface area contributed by atoms with Crippen molar-refractivity contribution in [1.29, 1.82) is 0 Å². The molecule has 0 aliphatic carbocycles. The van der Waals surface area contributed by atoms with Crippen LogP contribution >= 0.6 is 0 Å². The van der Waals surface area contributed by atoms with Gasteiger partial charge in [-0.2, -0.15) is 0 Å². The number of carbonyl (C=O) groups is 2. The highest BCUT2D eigenvalue weighted by Crippen LogP contribution is 2.15. The number of nitrogens with zero attached hydrogens (tertiary/aromatic N) is 1. The first-order valence-corrected chi connectivity index (χ1v) is 7.17. The number of hydrogen-bond donors (Lipinski definition) is 1. The van der Waals surface area contributed by atoms with E-state index in [0.717, 1.165) is 17.7 Å². The summed E-state index contributed by atoms with van der Waals surface area (Å²) in [6, 6.07) is 7.21. The Morgan fingerprint density at radius 2 is 2.05 bits per heavy atom. The third-order valence-electron chi connectivity index (χ3n) is 2.98. The molecule has 0 saturated carbocycles. The topological polar surface area (TPSA) is 66.8 Å². The maximum Gasteiger partial charge on any atom is 0.323 e. The van der Waals surface area contributed by atoms with E-state index in [4.69, 9.17) is 9.84 Å². The highest BCUT2D eigenvalue weighted by molar-refractivity contribution is 5.83. The highest BCUT2D eigenvalue weighted by Gasteiger charge is 2.20. The normalized spacial score (nSPS) is 10.5. The molecule has 1 N–H and O–H groups in total. The summed E-state index contributed by atoms with van der Waals surface area (Å²) < 4.78 is 5.53. The Hall–Kier alpha value is -2.04. The third kappa shape index (κ3) is 5.85. The standard InChI is InChI=1S/C16H23NO4/c1-4-8-21-14-7-5-6-13(9-14)10-15(18)17(12(2)3)11-16(19)20/h5-7,9,12H,4,8,10-11H2,1-3H3,(H,19,20). The molecular formula is C16H23NO4. The SMILES string of the molecule is CCCOc1cccc(CC(=O)N(CC(=O)O)C(C)C)c1. The molecule has 0 atom stereocenters. The van der Waals surface area contributed by atoms with Crippen LogP contribution in [0.3, 0.4) is 0 Å². The summed E-state index contributed by atoms with van der Waals surface area (Å²) in [4.78, 5) is 24.4. The van der Waals surface area contributed by atoms with E-state index < -0.39 is 5.97 Å². The minimum absolute atomic E-state index is 0.145. The van der Waals surface area contributed by atoms with Gasteiger partial charge in [0.25, 0.3) is 0 Å². The zero-order valence-electron chi connectivity index (χ0n) is 12.8. The number of ether oxygens (including phenoxy) is 1. The summed E-state index contributed by atoms with van der Waals surface area (Å²) in [6.07, 6.45) is 1.09. The van der Waals surface area contributed by atoms with E-state index >= 15 is 0 Å². The zero-order chi connectivity index (χ0) is 15.8. The van der Waals surface area contributed by atoms with Crippen LogP contribution in [0.25, 0.3) is 0 Å². The number of amides is 1. The molecule has 5 nitrogen and oxygen atoms in total. The van der Waals surface area contributed by atoms with E-state index in [1.54, 1.807) is 0 Å². The fourth-order valence-corrected chi connectivity index (χ4v) is 1.95. The number of aliphatic carboxylic acids is 1. The predicted octanol–water partition coefficient (Wildman–Crippen LogP) is 2.34. The molecule has 5 heteroatoms. The number of carboxylic acids is 1. The van der Waals surface area contributed by atoms with Crippen molar-refractivity contribution >= 4 is 11.9 Å². The van der Waals surface area contributed by atoms with Crippen molar-refractivity contribution in [2.75, 3.05) is 13.2 Å². The largest absolute Gasteiger partial charge is 0.494 e. The third-order valence-corrected chi connectivity index (χ3v) is 2.98. The Morgan fingerprint density at radius 1 is 1.33 bits per heavy atom. The van der Waals surface area contributed by atoms with Crippen LogP contribution in [-0.4, -0.2) is 41.1 Å². The zero-order valence-corrected chi connectivity index (χ0v) is 12.8. The Bertz CT molecular complexity index is 485. The molecule has 1 aromatic carbocycles. The first-order chi connectivity index (χ1) is 9.93. The van der Waals surface area contributed by atoms with Crippen LogP contribution in [0, 0.1) is 0 Å². The van der Waals surface area contributed by atoms with E-state index in [1.807, 2.05) is 45.0 Å². The molecule has 0 fully saturated rings. The molecule has 0 bridgehead atoms. The van der Waals surface area contributed by atoms with Gasteiger partial charge in [-0.05, 0) is 38.0 Å². The fraction of sp³-hybridized carbons (Fsp3) is 0.500. The summed E-state index contributed by atoms with van der Waals surface area (Å²) in [7, 11) is 0. The van der Waals surface area contributed by atoms with Crippen molar-refractivity contribution in [1.82, 2.24) is 4.90 Å². The fourth-order valence-electron chi connectivity index (χ4n) is 1.95. The van der Waals surface area contributed by atoms with Gasteiger partial charge in [0, 0.05) is 6.04 Å². The number of benzene rings is 1. The summed E-state index contributed by atoms with van der Waals surface area (Å²) in [5, 5.41) is 8.88. The number of carboxylic acid groups (broad SMARTS) is 1. The first kappa shape index (κ1) is 17.0. The molecule has 0 saturated heterocycles. The first-order valence-electron chi connectivity index (χ1n) is 7.17. The lowest BCUT2D eigenvalue weighted by Gasteiger charge is -2.25. The Balaban J connectivity index is 2.74. The second-order valence-electron chi connectivity index (χ2n) is 5.18. The molecule has 0 heterocycles. The van der Waals surface area contributed by atoms with Gasteiger partial charge in [-0.1, -0.05) is 19.1 Å². The molecule has 1 rings (SSSR count). The Labute approximate surface area is 125 Å². The summed E-state index contributed by atoms with van der Waals surface area (Å²) in [5.74, 6) is -0.464. The predicted molar refractivity (Wildman–Crippen MR) is 80.4 cm³/mol. The average molecular weight is 293 g/mol. The van der Waals surface area contributed by atoms with E-state index in [2.05, 4.69) is 0 Å². The van der Waals surface area contributed by atoms with E-state index in [0.29, 0.717) is 6.61 Å². The van der Waals surface area contributed by atoms with Gasteiger partial charge in [0.2, 0.25) is 5.91 Å². The number of hydrogen-bond acceptors (Lipinski definition) is 3. The summed E-state index contributed by atoms with van der Waals surface area (Å²) in [6.45, 7) is 6.00. The monoisotopic (exact) mass is 293 g/mol. The second kappa shape index (κ2) is 8.29. The van der Waals surface area contributed by atoms with Crippen molar-refractivity contribution in [3.63, 3.8) is 0 Å². The molecule has 0 aromatic heterocycles. The molecular weight excluding hydrogens is 270 g/mol. The lowest BCUT2D eigenvalue weighted by Crippen LogP contribution is -2.41. The molecule has 0 unspecified atom stereocenters. The van der Waals surface area contributed by atoms with E-state index in [-0.39, 0.29) is 24.9 Å². The van der Waals surface area contributed by atoms with Gasteiger partial charge >= 0.3 is 5.97 Å². The lowest BCUT2D eigenvalue weighted by atomic mass is 10.1. The maximum absolute atomic E-state index is 12.2. The van der Waals surface area contributed by atoms with E-state index in [1.165, 1.54) is 4.90 Å². The minimum atomic E-state index is -1.00. The van der Waals surface area contributed by atoms with Gasteiger partial charge in [-0.3, -0.25) is 9.59 Å². The molecule has 1 aromatic rings. The van der Waals surface area contributed by atoms with E-state index in [9.17, 15) is 9.59 Å². The molecule has 21 heavy (non-hydrogen) atoms. The summed E-state index contributed by atoms with van der Waals surface area (Å²) in [5.41, 5.74) is 0.824. The smallest absolute Gasteiger partial charge is 0.323 e. The van der Waals surface area contributed by atoms with Crippen molar-refractivity contribution < 1.29 is 19.4 Å². The van der Waals surface area contributed by atoms with Crippen LogP contribution in [-0.2, 0) is 16.0 Å². The molecule has 0 spiro atoms. The van der Waals surface area contributed by atoms with Gasteiger partial charge in [-0.15, -0.1) is 0 Å². The van der Waals surface area contributed by atoms with Gasteiger partial charge < -0.3 is 14.7 Å². The lowest BCUT2D eigenvalue weighted by molar-refractivity contribution is -0.145. The number of rotatable bonds is 8. The number of carbonyl (C=O) groups excluding carboxylic acids is 1. The van der Waals surface area contributed by atoms with Crippen LogP contribution in [0.5, 0.6) is 5.75 Å². The van der Waals surface area contributed by atoms with Crippen LogP contribution in [0.2, 0.25) is 0 Å². The van der Waals surface area contributed by atoms with Gasteiger partial charge in [-0.25, -0.2) is 0 Å². The summed E-state index contributed by atoms with van der Waals surface area (Å²) >= 11 is 0. The molecule has 116 valence electrons. The molecule has 1 amide bonds. The Morgan fingerprint density at radius 3 is 2.62 bits per heavy atom. The quantitative estimate of drug-likeness (QED) is 0.799. The van der Waals surface area contributed by atoms with Crippen LogP contribution in [0.4, 0.5) is 0 Å². The van der Waals surface area contributed by atoms with Crippen LogP contribution in [0.1, 0.15) is 32.8 Å². The van der Waals surface area contributed by atoms with Gasteiger partial charge in [0.15, 0.2) is 0 Å². The van der Waals surface area contributed by atoms with Crippen molar-refractivity contribution in [2.24, 2.45) is 0 Å². The van der Waals surface area contributed by atoms with Crippen molar-refractivity contribution in [3.8, 4) is 5.75 Å². The molecule has 0 aliphatic heterocycles. The average Bonchev–Trinajstić information content (AvgIpc) is 2.42. The Kier molecular flexibility index (Phi) is 6.72.